The van der Waals surface area contributed by atoms with Crippen molar-refractivity contribution < 1.29 is 9.18 Å². The van der Waals surface area contributed by atoms with Crippen LogP contribution in [0, 0.1) is 11.7 Å². The second-order valence-electron chi connectivity index (χ2n) is 5.20. The number of ketones is 1. The van der Waals surface area contributed by atoms with Gasteiger partial charge in [0, 0.05) is 17.9 Å². The Labute approximate surface area is 118 Å². The molecule has 0 amide bonds. The van der Waals surface area contributed by atoms with Gasteiger partial charge in [0.05, 0.1) is 0 Å². The van der Waals surface area contributed by atoms with Crippen LogP contribution in [0.15, 0.2) is 18.2 Å². The predicted octanol–water partition coefficient (Wildman–Crippen LogP) is 3.37. The molecule has 4 heteroatoms. The van der Waals surface area contributed by atoms with Crippen molar-refractivity contribution in [3.8, 4) is 0 Å². The largest absolute Gasteiger partial charge is 0.316 e. The van der Waals surface area contributed by atoms with Crippen LogP contribution in [0.4, 0.5) is 4.39 Å². The van der Waals surface area contributed by atoms with Crippen molar-refractivity contribution in [3.63, 3.8) is 0 Å². The lowest BCUT2D eigenvalue weighted by Gasteiger charge is -2.22. The van der Waals surface area contributed by atoms with E-state index in [9.17, 15) is 9.18 Å². The molecule has 1 atom stereocenters. The molecule has 0 saturated carbocycles. The molecular weight excluding hydrogens is 265 g/mol. The molecule has 0 spiro atoms. The van der Waals surface area contributed by atoms with E-state index in [-0.39, 0.29) is 11.6 Å². The van der Waals surface area contributed by atoms with Gasteiger partial charge in [0.15, 0.2) is 0 Å². The van der Waals surface area contributed by atoms with Crippen LogP contribution in [-0.4, -0.2) is 18.9 Å². The van der Waals surface area contributed by atoms with Gasteiger partial charge in [0.2, 0.25) is 0 Å². The van der Waals surface area contributed by atoms with E-state index in [1.807, 2.05) is 0 Å². The molecular formula is C15H19ClFNO. The van der Waals surface area contributed by atoms with Crippen molar-refractivity contribution >= 4 is 17.4 Å². The lowest BCUT2D eigenvalue weighted by molar-refractivity contribution is -0.118. The van der Waals surface area contributed by atoms with Gasteiger partial charge < -0.3 is 5.32 Å². The second kappa shape index (κ2) is 7.01. The molecule has 0 bridgehead atoms. The van der Waals surface area contributed by atoms with Gasteiger partial charge in [-0.25, -0.2) is 4.39 Å². The van der Waals surface area contributed by atoms with E-state index < -0.39 is 0 Å². The summed E-state index contributed by atoms with van der Waals surface area (Å²) in [5.74, 6) is 0.426. The van der Waals surface area contributed by atoms with E-state index in [1.54, 1.807) is 6.07 Å². The van der Waals surface area contributed by atoms with Crippen molar-refractivity contribution in [2.45, 2.75) is 32.1 Å². The Kier molecular flexibility index (Phi) is 5.34. The number of rotatable bonds is 5. The van der Waals surface area contributed by atoms with Crippen LogP contribution < -0.4 is 5.32 Å². The van der Waals surface area contributed by atoms with E-state index in [0.29, 0.717) is 23.8 Å². The van der Waals surface area contributed by atoms with Crippen molar-refractivity contribution in [1.82, 2.24) is 5.32 Å². The minimum atomic E-state index is -0.366. The molecule has 1 aliphatic heterocycles. The summed E-state index contributed by atoms with van der Waals surface area (Å²) in [6.45, 7) is 2.11. The monoisotopic (exact) mass is 283 g/mol. The lowest BCUT2D eigenvalue weighted by atomic mass is 9.92. The van der Waals surface area contributed by atoms with Crippen LogP contribution in [0.3, 0.4) is 0 Å². The summed E-state index contributed by atoms with van der Waals surface area (Å²) in [7, 11) is 0. The second-order valence-corrected chi connectivity index (χ2v) is 5.61. The summed E-state index contributed by atoms with van der Waals surface area (Å²) < 4.78 is 12.9. The Balaban J connectivity index is 1.80. The number of halogens is 2. The Bertz CT molecular complexity index is 444. The fourth-order valence-corrected chi connectivity index (χ4v) is 2.74. The highest BCUT2D eigenvalue weighted by Gasteiger charge is 2.15. The van der Waals surface area contributed by atoms with E-state index in [2.05, 4.69) is 5.32 Å². The first-order valence-electron chi connectivity index (χ1n) is 6.81. The molecule has 2 rings (SSSR count). The number of nitrogens with one attached hydrogen (secondary N) is 1. The number of carbonyl (C=O) groups is 1. The van der Waals surface area contributed by atoms with Gasteiger partial charge in [-0.15, -0.1) is 0 Å². The molecule has 1 aromatic carbocycles. The third-order valence-corrected chi connectivity index (χ3v) is 3.98. The highest BCUT2D eigenvalue weighted by atomic mass is 35.5. The zero-order valence-corrected chi connectivity index (χ0v) is 11.7. The minimum absolute atomic E-state index is 0.180. The maximum absolute atomic E-state index is 12.9. The number of hydrogen-bond acceptors (Lipinski definition) is 2. The van der Waals surface area contributed by atoms with Crippen LogP contribution in [0.1, 0.15) is 31.2 Å². The van der Waals surface area contributed by atoms with Gasteiger partial charge in [-0.05, 0) is 56.0 Å². The van der Waals surface area contributed by atoms with Crippen LogP contribution in [-0.2, 0) is 11.2 Å². The minimum Gasteiger partial charge on any atom is -0.316 e. The van der Waals surface area contributed by atoms with Crippen molar-refractivity contribution in [2.24, 2.45) is 5.92 Å². The molecule has 1 saturated heterocycles. The quantitative estimate of drug-likeness (QED) is 0.898. The number of carbonyl (C=O) groups excluding carboxylic acids is 1. The summed E-state index contributed by atoms with van der Waals surface area (Å²) in [5.41, 5.74) is 0.717. The van der Waals surface area contributed by atoms with E-state index in [4.69, 9.17) is 11.6 Å². The number of benzene rings is 1. The fourth-order valence-electron chi connectivity index (χ4n) is 2.50. The summed E-state index contributed by atoms with van der Waals surface area (Å²) in [5, 5.41) is 3.69. The molecule has 104 valence electrons. The fraction of sp³-hybridized carbons (Fsp3) is 0.533. The Morgan fingerprint density at radius 3 is 3.00 bits per heavy atom. The Hall–Kier alpha value is -0.930. The van der Waals surface area contributed by atoms with Crippen molar-refractivity contribution in [2.75, 3.05) is 13.1 Å². The molecule has 1 aromatic rings. The smallest absolute Gasteiger partial charge is 0.137 e. The molecule has 0 radical (unpaired) electrons. The third kappa shape index (κ3) is 4.59. The van der Waals surface area contributed by atoms with Crippen molar-refractivity contribution in [3.05, 3.63) is 34.6 Å². The topological polar surface area (TPSA) is 29.1 Å². The molecule has 0 aliphatic carbocycles. The van der Waals surface area contributed by atoms with Gasteiger partial charge in [-0.1, -0.05) is 17.7 Å². The average molecular weight is 284 g/mol. The highest BCUT2D eigenvalue weighted by Crippen LogP contribution is 2.20. The normalized spacial score (nSPS) is 19.4. The van der Waals surface area contributed by atoms with Gasteiger partial charge in [-0.3, -0.25) is 4.79 Å². The number of piperidine rings is 1. The van der Waals surface area contributed by atoms with Crippen LogP contribution >= 0.6 is 11.6 Å². The Morgan fingerprint density at radius 2 is 2.32 bits per heavy atom. The van der Waals surface area contributed by atoms with Crippen LogP contribution in [0.2, 0.25) is 5.02 Å². The molecule has 2 nitrogen and oxygen atoms in total. The first kappa shape index (κ1) is 14.5. The molecule has 1 heterocycles. The van der Waals surface area contributed by atoms with E-state index in [0.717, 1.165) is 25.1 Å². The summed E-state index contributed by atoms with van der Waals surface area (Å²) in [6, 6.07) is 4.20. The summed E-state index contributed by atoms with van der Waals surface area (Å²) >= 11 is 5.92. The highest BCUT2D eigenvalue weighted by molar-refractivity contribution is 6.31. The lowest BCUT2D eigenvalue weighted by Crippen LogP contribution is -2.30. The van der Waals surface area contributed by atoms with Gasteiger partial charge in [0.25, 0.3) is 0 Å². The molecule has 1 fully saturated rings. The molecule has 0 aromatic heterocycles. The van der Waals surface area contributed by atoms with Crippen LogP contribution in [0.5, 0.6) is 0 Å². The van der Waals surface area contributed by atoms with E-state index >= 15 is 0 Å². The summed E-state index contributed by atoms with van der Waals surface area (Å²) in [4.78, 5) is 11.9. The van der Waals surface area contributed by atoms with Gasteiger partial charge >= 0.3 is 0 Å². The first-order chi connectivity index (χ1) is 9.15. The van der Waals surface area contributed by atoms with Crippen LogP contribution in [0.25, 0.3) is 0 Å². The molecule has 19 heavy (non-hydrogen) atoms. The first-order valence-corrected chi connectivity index (χ1v) is 7.19. The molecule has 1 aliphatic rings. The summed E-state index contributed by atoms with van der Waals surface area (Å²) in [6.07, 6.45) is 4.23. The van der Waals surface area contributed by atoms with Gasteiger partial charge in [0.1, 0.15) is 11.6 Å². The molecule has 1 unspecified atom stereocenters. The number of Topliss-reactive ketones (excluding diaryl/α,β-unsaturated/α-hetero) is 1. The standard InChI is InChI=1S/C15H19ClFNO/c16-15-9-13(17)5-4-12(15)8-14(19)6-3-11-2-1-7-18-10-11/h4-5,9,11,18H,1-3,6-8,10H2. The average Bonchev–Trinajstić information content (AvgIpc) is 2.41. The predicted molar refractivity (Wildman–Crippen MR) is 74.9 cm³/mol. The molecule has 1 N–H and O–H groups in total. The zero-order valence-electron chi connectivity index (χ0n) is 10.9. The number of hydrogen-bond donors (Lipinski definition) is 1. The maximum atomic E-state index is 12.9. The van der Waals surface area contributed by atoms with Gasteiger partial charge in [-0.2, -0.15) is 0 Å². The SMILES string of the molecule is O=C(CCC1CCCNC1)Cc1ccc(F)cc1Cl. The van der Waals surface area contributed by atoms with E-state index in [1.165, 1.54) is 25.0 Å². The maximum Gasteiger partial charge on any atom is 0.137 e. The third-order valence-electron chi connectivity index (χ3n) is 3.63. The Morgan fingerprint density at radius 1 is 1.47 bits per heavy atom. The van der Waals surface area contributed by atoms with Crippen molar-refractivity contribution in [1.29, 1.82) is 0 Å². The zero-order chi connectivity index (χ0) is 13.7.